The van der Waals surface area contributed by atoms with E-state index in [-0.39, 0.29) is 6.54 Å². The number of nitrogens with two attached hydrogens (primary N) is 1. The molecule has 2 N–H and O–H groups in total. The van der Waals surface area contributed by atoms with E-state index in [4.69, 9.17) is 5.73 Å². The van der Waals surface area contributed by atoms with Crippen molar-refractivity contribution in [2.75, 3.05) is 13.6 Å². The number of likely N-dealkylation sites (N-methyl/N-ethyl adjacent to an activating group) is 1. The molecule has 0 spiro atoms. The van der Waals surface area contributed by atoms with Crippen molar-refractivity contribution < 1.29 is 18.0 Å². The van der Waals surface area contributed by atoms with Crippen molar-refractivity contribution in [2.45, 2.75) is 44.8 Å². The van der Waals surface area contributed by atoms with E-state index in [0.717, 1.165) is 4.90 Å². The summed E-state index contributed by atoms with van der Waals surface area (Å²) in [6.45, 7) is 3.15. The van der Waals surface area contributed by atoms with Gasteiger partial charge in [-0.05, 0) is 12.8 Å². The van der Waals surface area contributed by atoms with Gasteiger partial charge in [-0.3, -0.25) is 4.79 Å². The molecule has 0 aliphatic heterocycles. The van der Waals surface area contributed by atoms with Gasteiger partial charge in [-0.1, -0.05) is 13.8 Å². The fourth-order valence-corrected chi connectivity index (χ4v) is 1.33. The first kappa shape index (κ1) is 15.2. The van der Waals surface area contributed by atoms with E-state index >= 15 is 0 Å². The molecule has 0 aromatic carbocycles. The largest absolute Gasteiger partial charge is 0.390 e. The lowest BCUT2D eigenvalue weighted by Gasteiger charge is -2.30. The second kappa shape index (κ2) is 5.52. The molecule has 0 rings (SSSR count). The summed E-state index contributed by atoms with van der Waals surface area (Å²) in [5, 5.41) is 0. The van der Waals surface area contributed by atoms with Gasteiger partial charge in [0, 0.05) is 13.6 Å². The first-order valence-corrected chi connectivity index (χ1v) is 5.27. The molecule has 0 heterocycles. The van der Waals surface area contributed by atoms with E-state index in [1.165, 1.54) is 7.05 Å². The highest BCUT2D eigenvalue weighted by Gasteiger charge is 2.34. The van der Waals surface area contributed by atoms with E-state index in [1.807, 2.05) is 0 Å². The van der Waals surface area contributed by atoms with E-state index in [0.29, 0.717) is 12.8 Å². The zero-order valence-electron chi connectivity index (χ0n) is 9.90. The molecular formula is C10H19F3N2O. The van der Waals surface area contributed by atoms with Crippen molar-refractivity contribution >= 4 is 5.91 Å². The van der Waals surface area contributed by atoms with E-state index in [2.05, 4.69) is 0 Å². The van der Waals surface area contributed by atoms with Gasteiger partial charge in [0.25, 0.3) is 0 Å². The Morgan fingerprint density at radius 2 is 1.69 bits per heavy atom. The zero-order valence-corrected chi connectivity index (χ0v) is 9.90. The number of alkyl halides is 3. The molecule has 0 saturated heterocycles. The minimum atomic E-state index is -4.25. The van der Waals surface area contributed by atoms with Gasteiger partial charge in [-0.25, -0.2) is 0 Å². The fourth-order valence-electron chi connectivity index (χ4n) is 1.33. The molecule has 96 valence electrons. The SMILES string of the molecule is CCC(N)(CC)C(=O)N(C)CCC(F)(F)F. The number of hydrogen-bond acceptors (Lipinski definition) is 2. The average Bonchev–Trinajstić information content (AvgIpc) is 2.22. The summed E-state index contributed by atoms with van der Waals surface area (Å²) in [4.78, 5) is 12.8. The lowest BCUT2D eigenvalue weighted by Crippen LogP contribution is -2.54. The van der Waals surface area contributed by atoms with Crippen LogP contribution in [0.15, 0.2) is 0 Å². The Hall–Kier alpha value is -0.780. The van der Waals surface area contributed by atoms with Gasteiger partial charge in [-0.15, -0.1) is 0 Å². The minimum Gasteiger partial charge on any atom is -0.344 e. The summed E-state index contributed by atoms with van der Waals surface area (Å²) in [7, 11) is 1.35. The maximum Gasteiger partial charge on any atom is 0.390 e. The summed E-state index contributed by atoms with van der Waals surface area (Å²) in [5.41, 5.74) is 4.77. The van der Waals surface area contributed by atoms with Crippen LogP contribution >= 0.6 is 0 Å². The predicted octanol–water partition coefficient (Wildman–Crippen LogP) is 1.91. The second-order valence-electron chi connectivity index (χ2n) is 3.96. The van der Waals surface area contributed by atoms with Crippen LogP contribution in [0.1, 0.15) is 33.1 Å². The van der Waals surface area contributed by atoms with E-state index in [1.54, 1.807) is 13.8 Å². The molecule has 0 fully saturated rings. The monoisotopic (exact) mass is 240 g/mol. The highest BCUT2D eigenvalue weighted by atomic mass is 19.4. The van der Waals surface area contributed by atoms with E-state index < -0.39 is 24.0 Å². The topological polar surface area (TPSA) is 46.3 Å². The number of amides is 1. The van der Waals surface area contributed by atoms with Crippen molar-refractivity contribution in [1.82, 2.24) is 4.90 Å². The van der Waals surface area contributed by atoms with Gasteiger partial charge in [0.1, 0.15) is 0 Å². The first-order valence-electron chi connectivity index (χ1n) is 5.27. The fraction of sp³-hybridized carbons (Fsp3) is 0.900. The Kier molecular flexibility index (Phi) is 5.25. The maximum absolute atomic E-state index is 12.0. The third-order valence-corrected chi connectivity index (χ3v) is 2.77. The summed E-state index contributed by atoms with van der Waals surface area (Å²) in [6.07, 6.45) is -4.42. The number of carbonyl (C=O) groups is 1. The number of rotatable bonds is 5. The average molecular weight is 240 g/mol. The molecular weight excluding hydrogens is 221 g/mol. The molecule has 0 aromatic heterocycles. The van der Waals surface area contributed by atoms with Crippen molar-refractivity contribution in [3.63, 3.8) is 0 Å². The number of hydrogen-bond donors (Lipinski definition) is 1. The van der Waals surface area contributed by atoms with Gasteiger partial charge < -0.3 is 10.6 Å². The Balaban J connectivity index is 4.39. The zero-order chi connectivity index (χ0) is 13.0. The van der Waals surface area contributed by atoms with Gasteiger partial charge in [0.15, 0.2) is 0 Å². The molecule has 0 atom stereocenters. The van der Waals surface area contributed by atoms with Gasteiger partial charge in [-0.2, -0.15) is 13.2 Å². The van der Waals surface area contributed by atoms with Crippen LogP contribution in [-0.2, 0) is 4.79 Å². The summed E-state index contributed by atoms with van der Waals surface area (Å²) < 4.78 is 35.9. The highest BCUT2D eigenvalue weighted by Crippen LogP contribution is 2.21. The van der Waals surface area contributed by atoms with Crippen molar-refractivity contribution in [1.29, 1.82) is 0 Å². The van der Waals surface area contributed by atoms with Crippen LogP contribution in [0, 0.1) is 0 Å². The van der Waals surface area contributed by atoms with Crippen molar-refractivity contribution in [3.8, 4) is 0 Å². The quantitative estimate of drug-likeness (QED) is 0.798. The van der Waals surface area contributed by atoms with E-state index in [9.17, 15) is 18.0 Å². The Morgan fingerprint density at radius 1 is 1.25 bits per heavy atom. The van der Waals surface area contributed by atoms with Crippen LogP contribution in [0.5, 0.6) is 0 Å². The number of nitrogens with zero attached hydrogens (tertiary/aromatic N) is 1. The molecule has 3 nitrogen and oxygen atoms in total. The van der Waals surface area contributed by atoms with Crippen molar-refractivity contribution in [3.05, 3.63) is 0 Å². The van der Waals surface area contributed by atoms with Crippen LogP contribution in [0.2, 0.25) is 0 Å². The molecule has 0 unspecified atom stereocenters. The Labute approximate surface area is 93.8 Å². The van der Waals surface area contributed by atoms with Crippen molar-refractivity contribution in [2.24, 2.45) is 5.73 Å². The third kappa shape index (κ3) is 4.38. The van der Waals surface area contributed by atoms with Gasteiger partial charge in [0.05, 0.1) is 12.0 Å². The number of carbonyl (C=O) groups excluding carboxylic acids is 1. The Bertz CT molecular complexity index is 237. The number of halogens is 3. The van der Waals surface area contributed by atoms with Crippen LogP contribution in [-0.4, -0.2) is 36.1 Å². The molecule has 0 aliphatic rings. The summed E-state index contributed by atoms with van der Waals surface area (Å²) in [5.74, 6) is -0.429. The molecule has 0 aliphatic carbocycles. The van der Waals surface area contributed by atoms with Crippen LogP contribution in [0.3, 0.4) is 0 Å². The summed E-state index contributed by atoms with van der Waals surface area (Å²) >= 11 is 0. The molecule has 0 radical (unpaired) electrons. The molecule has 16 heavy (non-hydrogen) atoms. The van der Waals surface area contributed by atoms with Crippen LogP contribution in [0.4, 0.5) is 13.2 Å². The molecule has 6 heteroatoms. The minimum absolute atomic E-state index is 0.346. The van der Waals surface area contributed by atoms with Crippen LogP contribution in [0.25, 0.3) is 0 Å². The normalized spacial score (nSPS) is 12.7. The molecule has 0 bridgehead atoms. The summed E-state index contributed by atoms with van der Waals surface area (Å²) in [6, 6.07) is 0. The third-order valence-electron chi connectivity index (χ3n) is 2.77. The lowest BCUT2D eigenvalue weighted by molar-refractivity contribution is -0.147. The maximum atomic E-state index is 12.0. The Morgan fingerprint density at radius 3 is 2.00 bits per heavy atom. The van der Waals surface area contributed by atoms with Gasteiger partial charge in [0.2, 0.25) is 5.91 Å². The molecule has 0 saturated carbocycles. The standard InChI is InChI=1S/C10H19F3N2O/c1-4-9(14,5-2)8(16)15(3)7-6-10(11,12)13/h4-7,14H2,1-3H3. The predicted molar refractivity (Wildman–Crippen MR) is 55.8 cm³/mol. The molecule has 0 aromatic rings. The van der Waals surface area contributed by atoms with Gasteiger partial charge >= 0.3 is 6.18 Å². The smallest absolute Gasteiger partial charge is 0.344 e. The highest BCUT2D eigenvalue weighted by molar-refractivity contribution is 5.85. The molecule has 1 amide bonds. The second-order valence-corrected chi connectivity index (χ2v) is 3.96. The lowest BCUT2D eigenvalue weighted by atomic mass is 9.92. The first-order chi connectivity index (χ1) is 7.16. The van der Waals surface area contributed by atoms with Crippen LogP contribution < -0.4 is 5.73 Å².